The maximum absolute atomic E-state index is 12.5. The summed E-state index contributed by atoms with van der Waals surface area (Å²) >= 11 is 0. The van der Waals surface area contributed by atoms with E-state index in [2.05, 4.69) is 15.2 Å². The van der Waals surface area contributed by atoms with Crippen LogP contribution in [0.15, 0.2) is 66.3 Å². The Balaban J connectivity index is 2.23. The number of methoxy groups -OCH3 is 2. The number of allylic oxidation sites excluding steroid dienone is 2. The summed E-state index contributed by atoms with van der Waals surface area (Å²) in [6.07, 6.45) is 7.91. The zero-order valence-electron chi connectivity index (χ0n) is 14.2. The van der Waals surface area contributed by atoms with E-state index in [0.29, 0.717) is 17.1 Å². The largest absolute Gasteiger partial charge is 0.465 e. The van der Waals surface area contributed by atoms with E-state index in [1.807, 2.05) is 18.2 Å². The van der Waals surface area contributed by atoms with Gasteiger partial charge >= 0.3 is 11.9 Å². The summed E-state index contributed by atoms with van der Waals surface area (Å²) < 4.78 is 9.72. The molecule has 0 aliphatic carbocycles. The Kier molecular flexibility index (Phi) is 4.93. The quantitative estimate of drug-likeness (QED) is 0.840. The molecule has 0 atom stereocenters. The number of benzene rings is 1. The van der Waals surface area contributed by atoms with Gasteiger partial charge in [-0.05, 0) is 24.3 Å². The molecule has 1 aromatic carbocycles. The van der Waals surface area contributed by atoms with Crippen LogP contribution in [-0.2, 0) is 19.1 Å². The Morgan fingerprint density at radius 1 is 1.08 bits per heavy atom. The van der Waals surface area contributed by atoms with Crippen LogP contribution in [0.25, 0.3) is 11.4 Å². The number of nitrogens with one attached hydrogen (secondary N) is 1. The van der Waals surface area contributed by atoms with E-state index in [-0.39, 0.29) is 11.3 Å². The first-order chi connectivity index (χ1) is 12.7. The number of aromatic amines is 1. The van der Waals surface area contributed by atoms with Crippen molar-refractivity contribution in [3.05, 3.63) is 66.3 Å². The second kappa shape index (κ2) is 7.47. The van der Waals surface area contributed by atoms with Crippen molar-refractivity contribution in [2.24, 2.45) is 0 Å². The maximum atomic E-state index is 12.5. The predicted molar refractivity (Wildman–Crippen MR) is 93.6 cm³/mol. The third-order valence-electron chi connectivity index (χ3n) is 3.72. The van der Waals surface area contributed by atoms with Crippen molar-refractivity contribution < 1.29 is 19.1 Å². The van der Waals surface area contributed by atoms with Gasteiger partial charge in [-0.3, -0.25) is 5.10 Å². The highest BCUT2D eigenvalue weighted by Crippen LogP contribution is 2.33. The first-order valence-corrected chi connectivity index (χ1v) is 7.67. The summed E-state index contributed by atoms with van der Waals surface area (Å²) in [7, 11) is 2.51. The first kappa shape index (κ1) is 17.2. The lowest BCUT2D eigenvalue weighted by atomic mass is 10.1. The molecule has 2 heterocycles. The lowest BCUT2D eigenvalue weighted by molar-refractivity contribution is -0.139. The van der Waals surface area contributed by atoms with Crippen LogP contribution in [0.3, 0.4) is 0 Å². The van der Waals surface area contributed by atoms with E-state index >= 15 is 0 Å². The van der Waals surface area contributed by atoms with E-state index < -0.39 is 11.9 Å². The minimum atomic E-state index is -0.672. The number of hydrogen-bond acceptors (Lipinski definition) is 7. The zero-order valence-corrected chi connectivity index (χ0v) is 14.2. The second-order valence-electron chi connectivity index (χ2n) is 5.17. The second-order valence-corrected chi connectivity index (χ2v) is 5.17. The summed E-state index contributed by atoms with van der Waals surface area (Å²) in [4.78, 5) is 30.5. The van der Waals surface area contributed by atoms with Crippen molar-refractivity contribution in [3.63, 3.8) is 0 Å². The fourth-order valence-corrected chi connectivity index (χ4v) is 2.57. The normalized spacial score (nSPS) is 13.5. The van der Waals surface area contributed by atoms with E-state index in [9.17, 15) is 9.59 Å². The van der Waals surface area contributed by atoms with Crippen LogP contribution >= 0.6 is 0 Å². The van der Waals surface area contributed by atoms with E-state index in [0.717, 1.165) is 0 Å². The summed E-state index contributed by atoms with van der Waals surface area (Å²) in [5.41, 5.74) is 1.43. The Hall–Kier alpha value is -3.68. The van der Waals surface area contributed by atoms with Crippen LogP contribution in [0.4, 0.5) is 5.69 Å². The molecule has 0 unspecified atom stereocenters. The molecule has 3 rings (SSSR count). The Morgan fingerprint density at radius 3 is 2.54 bits per heavy atom. The molecule has 0 bridgehead atoms. The minimum absolute atomic E-state index is 0.0383. The molecule has 8 nitrogen and oxygen atoms in total. The molecular formula is C18H16N4O4. The standard InChI is InChI=1S/C18H16N4O4/c1-25-17(23)13-8-5-6-10-22(15(13)18(24)26-2)14-9-4-3-7-12(14)16-19-11-20-21-16/h3-11H,1-2H3,(H,19,20,21). The highest BCUT2D eigenvalue weighted by atomic mass is 16.5. The number of carbonyl (C=O) groups is 2. The highest BCUT2D eigenvalue weighted by Gasteiger charge is 2.28. The van der Waals surface area contributed by atoms with E-state index in [1.165, 1.54) is 26.6 Å². The first-order valence-electron chi connectivity index (χ1n) is 7.67. The summed E-state index contributed by atoms with van der Waals surface area (Å²) in [6, 6.07) is 7.28. The molecule has 1 N–H and O–H groups in total. The van der Waals surface area contributed by atoms with Crippen LogP contribution in [0.2, 0.25) is 0 Å². The molecule has 0 spiro atoms. The average molecular weight is 352 g/mol. The monoisotopic (exact) mass is 352 g/mol. The molecule has 0 amide bonds. The molecule has 0 saturated heterocycles. The number of para-hydroxylation sites is 1. The molecule has 8 heteroatoms. The average Bonchev–Trinajstić information content (AvgIpc) is 3.13. The maximum Gasteiger partial charge on any atom is 0.355 e. The number of anilines is 1. The molecule has 1 aromatic heterocycles. The van der Waals surface area contributed by atoms with Gasteiger partial charge in [-0.15, -0.1) is 0 Å². The lowest BCUT2D eigenvalue weighted by Crippen LogP contribution is -2.27. The van der Waals surface area contributed by atoms with Crippen molar-refractivity contribution in [1.82, 2.24) is 15.2 Å². The topological polar surface area (TPSA) is 97.4 Å². The number of rotatable bonds is 4. The molecule has 0 fully saturated rings. The van der Waals surface area contributed by atoms with Crippen molar-refractivity contribution in [3.8, 4) is 11.4 Å². The van der Waals surface area contributed by atoms with E-state index in [4.69, 9.17) is 9.47 Å². The lowest BCUT2D eigenvalue weighted by Gasteiger charge is -2.24. The van der Waals surface area contributed by atoms with Gasteiger partial charge < -0.3 is 14.4 Å². The highest BCUT2D eigenvalue weighted by molar-refractivity contribution is 6.06. The van der Waals surface area contributed by atoms with Crippen molar-refractivity contribution in [2.75, 3.05) is 19.1 Å². The summed E-state index contributed by atoms with van der Waals surface area (Å²) in [6.45, 7) is 0. The van der Waals surface area contributed by atoms with Gasteiger partial charge in [0, 0.05) is 11.8 Å². The third kappa shape index (κ3) is 3.12. The Labute approximate surface area is 149 Å². The number of nitrogens with zero attached hydrogens (tertiary/aromatic N) is 3. The fraction of sp³-hybridized carbons (Fsp3) is 0.111. The molecule has 0 saturated carbocycles. The molecule has 1 aliphatic heterocycles. The Morgan fingerprint density at radius 2 is 1.85 bits per heavy atom. The van der Waals surface area contributed by atoms with Gasteiger partial charge in [-0.1, -0.05) is 18.2 Å². The van der Waals surface area contributed by atoms with Gasteiger partial charge in [-0.25, -0.2) is 14.6 Å². The fourth-order valence-electron chi connectivity index (χ4n) is 2.57. The van der Waals surface area contributed by atoms with Gasteiger partial charge in [0.25, 0.3) is 0 Å². The molecular weight excluding hydrogens is 336 g/mol. The molecule has 2 aromatic rings. The van der Waals surface area contributed by atoms with Crippen LogP contribution < -0.4 is 4.90 Å². The smallest absolute Gasteiger partial charge is 0.355 e. The third-order valence-corrected chi connectivity index (χ3v) is 3.72. The minimum Gasteiger partial charge on any atom is -0.465 e. The molecule has 1 aliphatic rings. The zero-order chi connectivity index (χ0) is 18.5. The van der Waals surface area contributed by atoms with Crippen molar-refractivity contribution in [1.29, 1.82) is 0 Å². The summed E-state index contributed by atoms with van der Waals surface area (Å²) in [5.74, 6) is -0.795. The van der Waals surface area contributed by atoms with Gasteiger partial charge in [0.1, 0.15) is 12.0 Å². The van der Waals surface area contributed by atoms with Crippen LogP contribution in [-0.4, -0.2) is 41.3 Å². The van der Waals surface area contributed by atoms with Crippen molar-refractivity contribution >= 4 is 17.6 Å². The van der Waals surface area contributed by atoms with Gasteiger partial charge in [0.15, 0.2) is 5.82 Å². The van der Waals surface area contributed by atoms with Gasteiger partial charge in [0.05, 0.1) is 25.5 Å². The number of ether oxygens (including phenoxy) is 2. The van der Waals surface area contributed by atoms with Crippen molar-refractivity contribution in [2.45, 2.75) is 0 Å². The number of hydrogen-bond donors (Lipinski definition) is 1. The van der Waals surface area contributed by atoms with Crippen LogP contribution in [0.1, 0.15) is 0 Å². The predicted octanol–water partition coefficient (Wildman–Crippen LogP) is 1.96. The number of carbonyl (C=O) groups excluding carboxylic acids is 2. The molecule has 132 valence electrons. The van der Waals surface area contributed by atoms with Gasteiger partial charge in [-0.2, -0.15) is 5.10 Å². The Bertz CT molecular complexity index is 913. The SMILES string of the molecule is COC(=O)C1=C(C(=O)OC)N(c2ccccc2-c2ncn[nH]2)C=CC=C1. The number of esters is 2. The van der Waals surface area contributed by atoms with Crippen LogP contribution in [0, 0.1) is 0 Å². The van der Waals surface area contributed by atoms with Gasteiger partial charge in [0.2, 0.25) is 0 Å². The number of H-pyrrole nitrogens is 1. The van der Waals surface area contributed by atoms with Crippen LogP contribution in [0.5, 0.6) is 0 Å². The summed E-state index contributed by atoms with van der Waals surface area (Å²) in [5, 5.41) is 6.67. The van der Waals surface area contributed by atoms with E-state index in [1.54, 1.807) is 29.3 Å². The molecule has 26 heavy (non-hydrogen) atoms. The molecule has 0 radical (unpaired) electrons. The number of aromatic nitrogens is 3.